The summed E-state index contributed by atoms with van der Waals surface area (Å²) >= 11 is 0. The second kappa shape index (κ2) is 4.88. The molecule has 0 radical (unpaired) electrons. The van der Waals surface area contributed by atoms with Crippen molar-refractivity contribution >= 4 is 7.12 Å². The van der Waals surface area contributed by atoms with Gasteiger partial charge in [0.2, 0.25) is 0 Å². The van der Waals surface area contributed by atoms with Gasteiger partial charge in [0.1, 0.15) is 0 Å². The molecule has 0 aromatic heterocycles. The first-order valence-corrected chi connectivity index (χ1v) is 5.10. The van der Waals surface area contributed by atoms with Gasteiger partial charge in [-0.2, -0.15) is 0 Å². The lowest BCUT2D eigenvalue weighted by molar-refractivity contribution is 0.294. The van der Waals surface area contributed by atoms with Crippen LogP contribution in [-0.2, 0) is 0 Å². The topological polar surface area (TPSA) is 40.5 Å². The fourth-order valence-electron chi connectivity index (χ4n) is 2.18. The van der Waals surface area contributed by atoms with Gasteiger partial charge < -0.3 is 10.0 Å². The highest BCUT2D eigenvalue weighted by Crippen LogP contribution is 2.35. The molecule has 0 atom stereocenters. The maximum atomic E-state index is 8.95. The molecule has 2 N–H and O–H groups in total. The predicted octanol–water partition coefficient (Wildman–Crippen LogP) is 1.82. The Labute approximate surface area is 75.1 Å². The van der Waals surface area contributed by atoms with Crippen LogP contribution >= 0.6 is 0 Å². The van der Waals surface area contributed by atoms with Gasteiger partial charge in [-0.05, 0) is 11.7 Å². The van der Waals surface area contributed by atoms with Crippen molar-refractivity contribution in [1.29, 1.82) is 0 Å². The minimum absolute atomic E-state index is 0.151. The van der Waals surface area contributed by atoms with Gasteiger partial charge in [0.15, 0.2) is 0 Å². The first kappa shape index (κ1) is 10.1. The maximum Gasteiger partial charge on any atom is 0.454 e. The van der Waals surface area contributed by atoms with E-state index in [1.807, 2.05) is 0 Å². The van der Waals surface area contributed by atoms with E-state index in [4.69, 9.17) is 10.0 Å². The lowest BCUT2D eigenvalue weighted by Gasteiger charge is -2.27. The highest BCUT2D eigenvalue weighted by atomic mass is 16.4. The van der Waals surface area contributed by atoms with Crippen LogP contribution in [0.15, 0.2) is 0 Å². The molecule has 0 bridgehead atoms. The third-order valence-corrected chi connectivity index (χ3v) is 3.01. The Kier molecular flexibility index (Phi) is 4.09. The van der Waals surface area contributed by atoms with E-state index in [0.717, 1.165) is 18.8 Å². The van der Waals surface area contributed by atoms with E-state index in [0.29, 0.717) is 0 Å². The molecule has 0 saturated heterocycles. The Bertz CT molecular complexity index is 120. The van der Waals surface area contributed by atoms with E-state index in [2.05, 4.69) is 6.92 Å². The molecule has 0 spiro atoms. The summed E-state index contributed by atoms with van der Waals surface area (Å²) in [5, 5.41) is 17.9. The lowest BCUT2D eigenvalue weighted by atomic mass is 9.63. The molecule has 0 aromatic rings. The Balaban J connectivity index is 2.20. The summed E-state index contributed by atoms with van der Waals surface area (Å²) < 4.78 is 0. The van der Waals surface area contributed by atoms with Crippen molar-refractivity contribution in [1.82, 2.24) is 0 Å². The van der Waals surface area contributed by atoms with Crippen LogP contribution in [-0.4, -0.2) is 17.2 Å². The van der Waals surface area contributed by atoms with E-state index in [1.54, 1.807) is 0 Å². The highest BCUT2D eigenvalue weighted by Gasteiger charge is 2.28. The molecule has 0 aromatic carbocycles. The molecule has 1 fully saturated rings. The van der Waals surface area contributed by atoms with Crippen molar-refractivity contribution < 1.29 is 10.0 Å². The number of hydrogen-bond acceptors (Lipinski definition) is 2. The molecule has 2 nitrogen and oxygen atoms in total. The average Bonchev–Trinajstić information content (AvgIpc) is 2.06. The fraction of sp³-hybridized carbons (Fsp3) is 1.00. The number of rotatable bonds is 3. The zero-order chi connectivity index (χ0) is 8.97. The largest absolute Gasteiger partial charge is 0.454 e. The molecule has 1 rings (SSSR count). The van der Waals surface area contributed by atoms with E-state index in [1.165, 1.54) is 25.7 Å². The number of hydrogen-bond donors (Lipinski definition) is 2. The van der Waals surface area contributed by atoms with Crippen LogP contribution in [0.4, 0.5) is 0 Å². The monoisotopic (exact) mass is 170 g/mol. The van der Waals surface area contributed by atoms with Gasteiger partial charge in [0.05, 0.1) is 0 Å². The van der Waals surface area contributed by atoms with E-state index < -0.39 is 7.12 Å². The van der Waals surface area contributed by atoms with Gasteiger partial charge in [-0.25, -0.2) is 0 Å². The standard InChI is InChI=1S/C9H19BO2/c1-2-3-8-4-6-9(7-5-8)10(11)12/h8-9,11-12H,2-7H2,1H3. The molecule has 0 aliphatic heterocycles. The smallest absolute Gasteiger partial charge is 0.427 e. The Morgan fingerprint density at radius 2 is 1.75 bits per heavy atom. The Morgan fingerprint density at radius 1 is 1.17 bits per heavy atom. The van der Waals surface area contributed by atoms with Gasteiger partial charge >= 0.3 is 7.12 Å². The van der Waals surface area contributed by atoms with Crippen LogP contribution in [0.1, 0.15) is 45.4 Å². The average molecular weight is 170 g/mol. The normalized spacial score (nSPS) is 30.2. The summed E-state index contributed by atoms with van der Waals surface area (Å²) in [4.78, 5) is 0. The van der Waals surface area contributed by atoms with Gasteiger partial charge in [-0.3, -0.25) is 0 Å². The van der Waals surface area contributed by atoms with Crippen molar-refractivity contribution in [2.75, 3.05) is 0 Å². The van der Waals surface area contributed by atoms with Gasteiger partial charge in [-0.15, -0.1) is 0 Å². The minimum Gasteiger partial charge on any atom is -0.427 e. The summed E-state index contributed by atoms with van der Waals surface area (Å²) in [5.41, 5.74) is 0. The maximum absolute atomic E-state index is 8.95. The molecule has 3 heteroatoms. The summed E-state index contributed by atoms with van der Waals surface area (Å²) in [5.74, 6) is 1.00. The second-order valence-corrected chi connectivity index (χ2v) is 3.98. The van der Waals surface area contributed by atoms with E-state index in [9.17, 15) is 0 Å². The van der Waals surface area contributed by atoms with Gasteiger partial charge in [0.25, 0.3) is 0 Å². The molecular formula is C9H19BO2. The Hall–Kier alpha value is -0.0151. The van der Waals surface area contributed by atoms with Gasteiger partial charge in [0, 0.05) is 0 Å². The third kappa shape index (κ3) is 2.79. The zero-order valence-corrected chi connectivity index (χ0v) is 7.87. The zero-order valence-electron chi connectivity index (χ0n) is 7.87. The summed E-state index contributed by atoms with van der Waals surface area (Å²) in [6.07, 6.45) is 6.96. The fourth-order valence-corrected chi connectivity index (χ4v) is 2.18. The molecule has 1 aliphatic rings. The van der Waals surface area contributed by atoms with Crippen LogP contribution < -0.4 is 0 Å². The van der Waals surface area contributed by atoms with Crippen LogP contribution in [0.25, 0.3) is 0 Å². The second-order valence-electron chi connectivity index (χ2n) is 3.98. The molecular weight excluding hydrogens is 151 g/mol. The third-order valence-electron chi connectivity index (χ3n) is 3.01. The molecule has 70 valence electrons. The van der Waals surface area contributed by atoms with Gasteiger partial charge in [-0.1, -0.05) is 45.4 Å². The molecule has 1 saturated carbocycles. The minimum atomic E-state index is -1.08. The molecule has 0 unspecified atom stereocenters. The van der Waals surface area contributed by atoms with Crippen molar-refractivity contribution in [3.63, 3.8) is 0 Å². The molecule has 0 heterocycles. The van der Waals surface area contributed by atoms with E-state index in [-0.39, 0.29) is 5.82 Å². The van der Waals surface area contributed by atoms with E-state index >= 15 is 0 Å². The molecule has 0 amide bonds. The van der Waals surface area contributed by atoms with Crippen molar-refractivity contribution in [2.45, 2.75) is 51.3 Å². The highest BCUT2D eigenvalue weighted by molar-refractivity contribution is 6.43. The lowest BCUT2D eigenvalue weighted by Crippen LogP contribution is -2.24. The van der Waals surface area contributed by atoms with Crippen molar-refractivity contribution in [2.24, 2.45) is 5.92 Å². The van der Waals surface area contributed by atoms with Crippen LogP contribution in [0.3, 0.4) is 0 Å². The Morgan fingerprint density at radius 3 is 2.17 bits per heavy atom. The van der Waals surface area contributed by atoms with Crippen LogP contribution in [0.5, 0.6) is 0 Å². The van der Waals surface area contributed by atoms with Crippen LogP contribution in [0.2, 0.25) is 5.82 Å². The molecule has 1 aliphatic carbocycles. The first-order chi connectivity index (χ1) is 5.74. The van der Waals surface area contributed by atoms with Crippen LogP contribution in [0, 0.1) is 5.92 Å². The summed E-state index contributed by atoms with van der Waals surface area (Å²) in [7, 11) is -1.08. The predicted molar refractivity (Wildman–Crippen MR) is 50.8 cm³/mol. The van der Waals surface area contributed by atoms with Crippen molar-refractivity contribution in [3.05, 3.63) is 0 Å². The molecule has 12 heavy (non-hydrogen) atoms. The summed E-state index contributed by atoms with van der Waals surface area (Å²) in [6, 6.07) is 0. The summed E-state index contributed by atoms with van der Waals surface area (Å²) in [6.45, 7) is 2.22. The quantitative estimate of drug-likeness (QED) is 0.634. The first-order valence-electron chi connectivity index (χ1n) is 5.10. The van der Waals surface area contributed by atoms with Crippen molar-refractivity contribution in [3.8, 4) is 0 Å². The SMILES string of the molecule is CCCC1CCC(B(O)O)CC1.